The molecule has 0 N–H and O–H groups in total. The van der Waals surface area contributed by atoms with E-state index in [2.05, 4.69) is 28.0 Å². The van der Waals surface area contributed by atoms with Crippen molar-refractivity contribution >= 4 is 16.8 Å². The maximum absolute atomic E-state index is 13.6. The van der Waals surface area contributed by atoms with E-state index in [-0.39, 0.29) is 5.91 Å². The van der Waals surface area contributed by atoms with Crippen LogP contribution in [0.1, 0.15) is 35.8 Å². The molecule has 0 bridgehead atoms. The molecule has 1 aliphatic rings. The molecule has 174 valence electrons. The third-order valence-corrected chi connectivity index (χ3v) is 6.55. The van der Waals surface area contributed by atoms with E-state index in [4.69, 9.17) is 4.98 Å². The van der Waals surface area contributed by atoms with Gasteiger partial charge in [0.1, 0.15) is 0 Å². The van der Waals surface area contributed by atoms with Crippen molar-refractivity contribution in [2.24, 2.45) is 0 Å². The van der Waals surface area contributed by atoms with E-state index < -0.39 is 0 Å². The molecule has 34 heavy (non-hydrogen) atoms. The van der Waals surface area contributed by atoms with E-state index in [1.165, 1.54) is 12.8 Å². The Morgan fingerprint density at radius 1 is 1.09 bits per heavy atom. The van der Waals surface area contributed by atoms with Crippen molar-refractivity contribution < 1.29 is 4.79 Å². The molecule has 0 saturated carbocycles. The van der Waals surface area contributed by atoms with Crippen molar-refractivity contribution in [3.63, 3.8) is 0 Å². The minimum atomic E-state index is 0.0698. The number of fused-ring (bicyclic) bond motifs is 1. The van der Waals surface area contributed by atoms with Crippen LogP contribution in [0.4, 0.5) is 0 Å². The predicted molar refractivity (Wildman–Crippen MR) is 134 cm³/mol. The highest BCUT2D eigenvalue weighted by Gasteiger charge is 2.20. The van der Waals surface area contributed by atoms with Gasteiger partial charge in [-0.3, -0.25) is 14.8 Å². The molecule has 1 fully saturated rings. The number of hydrogen-bond donors (Lipinski definition) is 0. The fourth-order valence-corrected chi connectivity index (χ4v) is 4.66. The molecule has 1 amide bonds. The number of likely N-dealkylation sites (tertiary alicyclic amines) is 1. The van der Waals surface area contributed by atoms with Crippen molar-refractivity contribution in [1.29, 1.82) is 0 Å². The number of likely N-dealkylation sites (N-methyl/N-ethyl adjacent to an activating group) is 1. The molecule has 1 aliphatic heterocycles. The summed E-state index contributed by atoms with van der Waals surface area (Å²) in [5.41, 5.74) is 5.28. The van der Waals surface area contributed by atoms with Crippen LogP contribution in [0.5, 0.6) is 0 Å². The highest BCUT2D eigenvalue weighted by molar-refractivity contribution is 6.07. The van der Waals surface area contributed by atoms with E-state index in [0.717, 1.165) is 59.6 Å². The Bertz CT molecular complexity index is 1290. The van der Waals surface area contributed by atoms with E-state index in [0.29, 0.717) is 12.1 Å². The zero-order valence-electron chi connectivity index (χ0n) is 19.8. The molecule has 3 aromatic heterocycles. The molecule has 1 saturated heterocycles. The van der Waals surface area contributed by atoms with Crippen LogP contribution in [-0.4, -0.2) is 68.2 Å². The van der Waals surface area contributed by atoms with Crippen molar-refractivity contribution in [3.05, 3.63) is 72.4 Å². The van der Waals surface area contributed by atoms with Crippen LogP contribution in [-0.2, 0) is 0 Å². The van der Waals surface area contributed by atoms with Gasteiger partial charge >= 0.3 is 0 Å². The van der Waals surface area contributed by atoms with Gasteiger partial charge in [0.15, 0.2) is 0 Å². The van der Waals surface area contributed by atoms with Gasteiger partial charge in [-0.15, -0.1) is 0 Å². The summed E-state index contributed by atoms with van der Waals surface area (Å²) < 4.78 is 1.81. The lowest BCUT2D eigenvalue weighted by Gasteiger charge is -2.25. The van der Waals surface area contributed by atoms with E-state index in [1.807, 2.05) is 59.2 Å². The summed E-state index contributed by atoms with van der Waals surface area (Å²) in [6.45, 7) is 8.64. The van der Waals surface area contributed by atoms with Gasteiger partial charge in [0.25, 0.3) is 5.91 Å². The van der Waals surface area contributed by atoms with Gasteiger partial charge in [-0.25, -0.2) is 4.68 Å². The molecule has 1 aromatic carbocycles. The summed E-state index contributed by atoms with van der Waals surface area (Å²) in [5.74, 6) is 0.0698. The molecule has 0 atom stereocenters. The molecule has 0 radical (unpaired) electrons. The van der Waals surface area contributed by atoms with Gasteiger partial charge in [0.05, 0.1) is 29.2 Å². The Kier molecular flexibility index (Phi) is 6.36. The second-order valence-corrected chi connectivity index (χ2v) is 8.86. The van der Waals surface area contributed by atoms with Gasteiger partial charge < -0.3 is 9.80 Å². The molecular formula is C27H30N6O. The number of amides is 1. The smallest absolute Gasteiger partial charge is 0.254 e. The second kappa shape index (κ2) is 9.73. The summed E-state index contributed by atoms with van der Waals surface area (Å²) in [7, 11) is 0. The molecule has 4 aromatic rings. The second-order valence-electron chi connectivity index (χ2n) is 8.86. The fourth-order valence-electron chi connectivity index (χ4n) is 4.66. The number of aryl methyl sites for hydroxylation is 1. The molecule has 4 heterocycles. The Labute approximate surface area is 200 Å². The number of benzene rings is 1. The monoisotopic (exact) mass is 454 g/mol. The van der Waals surface area contributed by atoms with Gasteiger partial charge in [-0.2, -0.15) is 5.10 Å². The quantitative estimate of drug-likeness (QED) is 0.415. The van der Waals surface area contributed by atoms with Crippen LogP contribution < -0.4 is 0 Å². The maximum atomic E-state index is 13.6. The van der Waals surface area contributed by atoms with Crippen LogP contribution in [0.3, 0.4) is 0 Å². The summed E-state index contributed by atoms with van der Waals surface area (Å²) in [6.07, 6.45) is 9.86. The summed E-state index contributed by atoms with van der Waals surface area (Å²) in [5, 5.41) is 5.38. The lowest BCUT2D eigenvalue weighted by molar-refractivity contribution is 0.0751. The maximum Gasteiger partial charge on any atom is 0.254 e. The third-order valence-electron chi connectivity index (χ3n) is 6.55. The number of nitrogens with zero attached hydrogens (tertiary/aromatic N) is 6. The largest absolute Gasteiger partial charge is 0.338 e. The minimum Gasteiger partial charge on any atom is -0.338 e. The van der Waals surface area contributed by atoms with Crippen LogP contribution in [0.25, 0.3) is 27.7 Å². The number of carbonyl (C=O) groups excluding carboxylic acids is 1. The Morgan fingerprint density at radius 2 is 1.94 bits per heavy atom. The molecule has 0 unspecified atom stereocenters. The first-order valence-electron chi connectivity index (χ1n) is 12.0. The SMILES string of the molecule is CCN(CCN1CCCC1)C(=O)c1cc(C)nc2ccc(-c3cnn(-c4cccnc4)c3)cc12. The van der Waals surface area contributed by atoms with Crippen LogP contribution >= 0.6 is 0 Å². The highest BCUT2D eigenvalue weighted by atomic mass is 16.2. The Balaban J connectivity index is 1.47. The zero-order valence-corrected chi connectivity index (χ0v) is 19.8. The zero-order chi connectivity index (χ0) is 23.5. The first-order chi connectivity index (χ1) is 16.6. The van der Waals surface area contributed by atoms with E-state index in [1.54, 1.807) is 12.4 Å². The molecule has 7 heteroatoms. The molecular weight excluding hydrogens is 424 g/mol. The van der Waals surface area contributed by atoms with Gasteiger partial charge in [-0.05, 0) is 75.7 Å². The Morgan fingerprint density at radius 3 is 2.71 bits per heavy atom. The van der Waals surface area contributed by atoms with E-state index >= 15 is 0 Å². The normalized spacial score (nSPS) is 14.1. The number of aromatic nitrogens is 4. The van der Waals surface area contributed by atoms with Crippen LogP contribution in [0.2, 0.25) is 0 Å². The van der Waals surface area contributed by atoms with Crippen LogP contribution in [0.15, 0.2) is 61.2 Å². The Hall–Kier alpha value is -3.58. The van der Waals surface area contributed by atoms with Gasteiger partial charge in [0.2, 0.25) is 0 Å². The topological polar surface area (TPSA) is 67.2 Å². The minimum absolute atomic E-state index is 0.0698. The summed E-state index contributed by atoms with van der Waals surface area (Å²) >= 11 is 0. The van der Waals surface area contributed by atoms with Crippen molar-refractivity contribution in [2.75, 3.05) is 32.7 Å². The van der Waals surface area contributed by atoms with E-state index in [9.17, 15) is 4.79 Å². The fraction of sp³-hybridized carbons (Fsp3) is 0.333. The molecule has 7 nitrogen and oxygen atoms in total. The third kappa shape index (κ3) is 4.56. The lowest BCUT2D eigenvalue weighted by atomic mass is 10.0. The number of hydrogen-bond acceptors (Lipinski definition) is 5. The van der Waals surface area contributed by atoms with Crippen molar-refractivity contribution in [2.45, 2.75) is 26.7 Å². The molecule has 0 aliphatic carbocycles. The summed E-state index contributed by atoms with van der Waals surface area (Å²) in [6, 6.07) is 11.9. The average Bonchev–Trinajstić information content (AvgIpc) is 3.57. The lowest BCUT2D eigenvalue weighted by Crippen LogP contribution is -2.38. The summed E-state index contributed by atoms with van der Waals surface area (Å²) in [4.78, 5) is 26.9. The highest BCUT2D eigenvalue weighted by Crippen LogP contribution is 2.27. The van der Waals surface area contributed by atoms with Crippen LogP contribution in [0, 0.1) is 6.92 Å². The van der Waals surface area contributed by atoms with Gasteiger partial charge in [-0.1, -0.05) is 6.07 Å². The van der Waals surface area contributed by atoms with Gasteiger partial charge in [0, 0.05) is 48.7 Å². The molecule has 0 spiro atoms. The average molecular weight is 455 g/mol. The van der Waals surface area contributed by atoms with Crippen molar-refractivity contribution in [1.82, 2.24) is 29.5 Å². The molecule has 5 rings (SSSR count). The predicted octanol–water partition coefficient (Wildman–Crippen LogP) is 4.35. The first-order valence-corrected chi connectivity index (χ1v) is 12.0. The number of pyridine rings is 2. The number of rotatable bonds is 7. The standard InChI is InChI=1S/C27H30N6O/c1-3-32(14-13-31-11-4-5-12-31)27(34)25-15-20(2)30-26-9-8-21(16-24(25)26)22-17-29-33(19-22)23-7-6-10-28-18-23/h6-10,15-19H,3-5,11-14H2,1-2H3. The number of carbonyl (C=O) groups is 1. The first kappa shape index (κ1) is 22.2. The van der Waals surface area contributed by atoms with Crippen molar-refractivity contribution in [3.8, 4) is 16.8 Å².